The number of halogens is 1. The van der Waals surface area contributed by atoms with E-state index < -0.39 is 22.0 Å². The number of amides is 1. The van der Waals surface area contributed by atoms with Crippen LogP contribution >= 0.6 is 11.6 Å². The molecule has 0 spiro atoms. The third-order valence-corrected chi connectivity index (χ3v) is 6.67. The molecule has 0 aromatic heterocycles. The van der Waals surface area contributed by atoms with Gasteiger partial charge in [0.05, 0.1) is 18.0 Å². The molecule has 31 heavy (non-hydrogen) atoms. The van der Waals surface area contributed by atoms with Gasteiger partial charge in [-0.3, -0.25) is 9.10 Å². The van der Waals surface area contributed by atoms with Crippen molar-refractivity contribution in [3.05, 3.63) is 100 Å². The van der Waals surface area contributed by atoms with Crippen molar-refractivity contribution in [3.8, 4) is 0 Å². The Morgan fingerprint density at radius 3 is 2.26 bits per heavy atom. The maximum absolute atomic E-state index is 13.1. The predicted octanol–water partition coefficient (Wildman–Crippen LogP) is 4.63. The van der Waals surface area contributed by atoms with Crippen LogP contribution in [-0.2, 0) is 14.8 Å². The fourth-order valence-electron chi connectivity index (χ4n) is 3.48. The summed E-state index contributed by atoms with van der Waals surface area (Å²) < 4.78 is 26.1. The molecular weight excluding hydrogens is 432 g/mol. The van der Waals surface area contributed by atoms with E-state index in [-0.39, 0.29) is 6.54 Å². The minimum atomic E-state index is -3.71. The van der Waals surface area contributed by atoms with Crippen LogP contribution in [0.1, 0.15) is 28.3 Å². The lowest BCUT2D eigenvalue weighted by atomic mass is 9.95. The van der Waals surface area contributed by atoms with Gasteiger partial charge in [-0.05, 0) is 48.2 Å². The molecule has 3 rings (SSSR count). The van der Waals surface area contributed by atoms with Crippen molar-refractivity contribution in [2.45, 2.75) is 19.9 Å². The summed E-state index contributed by atoms with van der Waals surface area (Å²) >= 11 is 6.18. The molecule has 0 bridgehead atoms. The van der Waals surface area contributed by atoms with Gasteiger partial charge in [0.1, 0.15) is 6.54 Å². The maximum Gasteiger partial charge on any atom is 0.241 e. The zero-order valence-electron chi connectivity index (χ0n) is 17.7. The monoisotopic (exact) mass is 456 g/mol. The minimum Gasteiger partial charge on any atom is -0.344 e. The summed E-state index contributed by atoms with van der Waals surface area (Å²) in [5.74, 6) is -0.415. The Kier molecular flexibility index (Phi) is 7.03. The van der Waals surface area contributed by atoms with Crippen LogP contribution in [0.15, 0.2) is 72.8 Å². The first-order valence-electron chi connectivity index (χ1n) is 9.81. The van der Waals surface area contributed by atoms with E-state index in [2.05, 4.69) is 5.32 Å². The number of rotatable bonds is 7. The van der Waals surface area contributed by atoms with Crippen molar-refractivity contribution in [3.63, 3.8) is 0 Å². The van der Waals surface area contributed by atoms with Gasteiger partial charge in [0.2, 0.25) is 15.9 Å². The van der Waals surface area contributed by atoms with E-state index in [9.17, 15) is 13.2 Å². The van der Waals surface area contributed by atoms with Crippen LogP contribution in [0.25, 0.3) is 0 Å². The number of carbonyl (C=O) groups excluding carboxylic acids is 1. The number of anilines is 1. The van der Waals surface area contributed by atoms with Gasteiger partial charge in [-0.2, -0.15) is 0 Å². The lowest BCUT2D eigenvalue weighted by Crippen LogP contribution is -2.42. The third kappa shape index (κ3) is 5.46. The van der Waals surface area contributed by atoms with Gasteiger partial charge in [-0.15, -0.1) is 0 Å². The standard InChI is InChI=1S/C24H25ClN2O3S/c1-17-10-7-8-13-20(17)24(19-11-5-4-6-12-19)26-23(28)16-27(31(3,29)30)22-15-9-14-21(25)18(22)2/h4-15,24H,16H2,1-3H3,(H,26,28)/t24-/m0/s1. The van der Waals surface area contributed by atoms with Gasteiger partial charge in [0, 0.05) is 5.02 Å². The molecule has 0 aliphatic heterocycles. The first-order chi connectivity index (χ1) is 14.7. The highest BCUT2D eigenvalue weighted by Gasteiger charge is 2.25. The van der Waals surface area contributed by atoms with Crippen molar-refractivity contribution in [1.82, 2.24) is 5.32 Å². The van der Waals surface area contributed by atoms with Crippen molar-refractivity contribution in [1.29, 1.82) is 0 Å². The number of hydrogen-bond acceptors (Lipinski definition) is 3. The zero-order valence-corrected chi connectivity index (χ0v) is 19.2. The van der Waals surface area contributed by atoms with Crippen molar-refractivity contribution >= 4 is 33.2 Å². The van der Waals surface area contributed by atoms with Crippen LogP contribution in [0.3, 0.4) is 0 Å². The quantitative estimate of drug-likeness (QED) is 0.563. The van der Waals surface area contributed by atoms with E-state index >= 15 is 0 Å². The number of hydrogen-bond donors (Lipinski definition) is 1. The summed E-state index contributed by atoms with van der Waals surface area (Å²) in [7, 11) is -3.71. The van der Waals surface area contributed by atoms with E-state index in [0.29, 0.717) is 16.3 Å². The average Bonchev–Trinajstić information content (AvgIpc) is 2.73. The van der Waals surface area contributed by atoms with Crippen LogP contribution in [-0.4, -0.2) is 27.1 Å². The summed E-state index contributed by atoms with van der Waals surface area (Å²) in [6.45, 7) is 3.36. The zero-order chi connectivity index (χ0) is 22.6. The molecule has 3 aromatic carbocycles. The Labute approximate surface area is 188 Å². The first-order valence-corrected chi connectivity index (χ1v) is 12.0. The molecule has 5 nitrogen and oxygen atoms in total. The normalized spacial score (nSPS) is 12.3. The Hall–Kier alpha value is -2.83. The Bertz CT molecular complexity index is 1180. The lowest BCUT2D eigenvalue weighted by Gasteiger charge is -2.26. The molecule has 0 unspecified atom stereocenters. The lowest BCUT2D eigenvalue weighted by molar-refractivity contribution is -0.120. The first kappa shape index (κ1) is 22.8. The van der Waals surface area contributed by atoms with Gasteiger partial charge < -0.3 is 5.32 Å². The van der Waals surface area contributed by atoms with Crippen LogP contribution in [0.2, 0.25) is 5.02 Å². The molecule has 1 atom stereocenters. The second-order valence-corrected chi connectivity index (χ2v) is 9.74. The largest absolute Gasteiger partial charge is 0.344 e. The summed E-state index contributed by atoms with van der Waals surface area (Å²) in [6, 6.07) is 22.0. The summed E-state index contributed by atoms with van der Waals surface area (Å²) in [5, 5.41) is 3.46. The molecule has 1 N–H and O–H groups in total. The average molecular weight is 457 g/mol. The molecule has 1 amide bonds. The molecule has 7 heteroatoms. The molecule has 3 aromatic rings. The Morgan fingerprint density at radius 2 is 1.61 bits per heavy atom. The molecule has 0 fully saturated rings. The number of sulfonamides is 1. The van der Waals surface area contributed by atoms with Crippen molar-refractivity contribution in [2.24, 2.45) is 0 Å². The molecule has 0 aliphatic rings. The smallest absolute Gasteiger partial charge is 0.241 e. The van der Waals surface area contributed by atoms with E-state index in [1.165, 1.54) is 0 Å². The summed E-state index contributed by atoms with van der Waals surface area (Å²) in [5.41, 5.74) is 3.88. The van der Waals surface area contributed by atoms with E-state index in [1.54, 1.807) is 25.1 Å². The Balaban J connectivity index is 1.94. The molecule has 162 valence electrons. The topological polar surface area (TPSA) is 66.5 Å². The van der Waals surface area contributed by atoms with Gasteiger partial charge in [-0.1, -0.05) is 72.3 Å². The van der Waals surface area contributed by atoms with Gasteiger partial charge in [0.25, 0.3) is 0 Å². The maximum atomic E-state index is 13.1. The number of benzene rings is 3. The highest BCUT2D eigenvalue weighted by Crippen LogP contribution is 2.29. The molecule has 0 heterocycles. The SMILES string of the molecule is Cc1ccccc1[C@@H](NC(=O)CN(c1cccc(Cl)c1C)S(C)(=O)=O)c1ccccc1. The van der Waals surface area contributed by atoms with Crippen LogP contribution in [0, 0.1) is 13.8 Å². The van der Waals surface area contributed by atoms with E-state index in [1.807, 2.05) is 61.5 Å². The molecular formula is C24H25ClN2O3S. The summed E-state index contributed by atoms with van der Waals surface area (Å²) in [4.78, 5) is 13.1. The minimum absolute atomic E-state index is 0.352. The summed E-state index contributed by atoms with van der Waals surface area (Å²) in [6.07, 6.45) is 1.08. The van der Waals surface area contributed by atoms with Crippen LogP contribution in [0.5, 0.6) is 0 Å². The number of carbonyl (C=O) groups is 1. The van der Waals surface area contributed by atoms with E-state index in [0.717, 1.165) is 27.3 Å². The molecule has 0 aliphatic carbocycles. The van der Waals surface area contributed by atoms with Crippen LogP contribution < -0.4 is 9.62 Å². The van der Waals surface area contributed by atoms with E-state index in [4.69, 9.17) is 11.6 Å². The molecule has 0 saturated heterocycles. The molecule has 0 saturated carbocycles. The fourth-order valence-corrected chi connectivity index (χ4v) is 4.56. The fraction of sp³-hybridized carbons (Fsp3) is 0.208. The van der Waals surface area contributed by atoms with Crippen molar-refractivity contribution < 1.29 is 13.2 Å². The van der Waals surface area contributed by atoms with Crippen LogP contribution in [0.4, 0.5) is 5.69 Å². The highest BCUT2D eigenvalue weighted by atomic mass is 35.5. The second-order valence-electron chi connectivity index (χ2n) is 7.42. The van der Waals surface area contributed by atoms with Gasteiger partial charge >= 0.3 is 0 Å². The number of nitrogens with one attached hydrogen (secondary N) is 1. The van der Waals surface area contributed by atoms with Gasteiger partial charge in [0.15, 0.2) is 0 Å². The Morgan fingerprint density at radius 1 is 0.968 bits per heavy atom. The third-order valence-electron chi connectivity index (χ3n) is 5.13. The number of aryl methyl sites for hydroxylation is 1. The number of nitrogens with zero attached hydrogens (tertiary/aromatic N) is 1. The molecule has 0 radical (unpaired) electrons. The van der Waals surface area contributed by atoms with Gasteiger partial charge in [-0.25, -0.2) is 8.42 Å². The predicted molar refractivity (Wildman–Crippen MR) is 126 cm³/mol. The highest BCUT2D eigenvalue weighted by molar-refractivity contribution is 7.92. The second kappa shape index (κ2) is 9.54. The van der Waals surface area contributed by atoms with Crippen molar-refractivity contribution in [2.75, 3.05) is 17.1 Å².